The molecule has 0 atom stereocenters. The summed E-state index contributed by atoms with van der Waals surface area (Å²) in [5.41, 5.74) is 4.35. The number of aromatic nitrogens is 2. The molecule has 0 aliphatic carbocycles. The third-order valence-corrected chi connectivity index (χ3v) is 4.04. The smallest absolute Gasteiger partial charge is 0.119 e. The first-order valence-electron chi connectivity index (χ1n) is 7.19. The normalized spacial score (nSPS) is 11.9. The van der Waals surface area contributed by atoms with E-state index in [-0.39, 0.29) is 0 Å². The summed E-state index contributed by atoms with van der Waals surface area (Å²) >= 11 is 6.36. The van der Waals surface area contributed by atoms with Gasteiger partial charge in [-0.25, -0.2) is 0 Å². The van der Waals surface area contributed by atoms with Crippen LogP contribution >= 0.6 is 11.6 Å². The third kappa shape index (κ3) is 2.85. The minimum absolute atomic E-state index is 0.735. The number of fused-ring (bicyclic) bond motifs is 1. The number of halogens is 1. The van der Waals surface area contributed by atoms with Gasteiger partial charge in [0.1, 0.15) is 5.75 Å². The van der Waals surface area contributed by atoms with E-state index in [9.17, 15) is 0 Å². The van der Waals surface area contributed by atoms with Gasteiger partial charge < -0.3 is 4.74 Å². The first kappa shape index (κ1) is 14.7. The molecule has 22 heavy (non-hydrogen) atoms. The molecule has 3 rings (SSSR count). The fourth-order valence-electron chi connectivity index (χ4n) is 2.50. The van der Waals surface area contributed by atoms with Gasteiger partial charge in [0.15, 0.2) is 0 Å². The van der Waals surface area contributed by atoms with Gasteiger partial charge in [0.05, 0.1) is 18.8 Å². The van der Waals surface area contributed by atoms with Crippen molar-refractivity contribution in [3.63, 3.8) is 0 Å². The molecule has 0 fully saturated rings. The quantitative estimate of drug-likeness (QED) is 0.674. The van der Waals surface area contributed by atoms with E-state index in [1.807, 2.05) is 30.5 Å². The summed E-state index contributed by atoms with van der Waals surface area (Å²) in [6.45, 7) is 2.12. The molecule has 3 nitrogen and oxygen atoms in total. The number of nitrogens with one attached hydrogen (secondary N) is 1. The lowest BCUT2D eigenvalue weighted by Crippen LogP contribution is -1.89. The first-order valence-corrected chi connectivity index (χ1v) is 7.56. The van der Waals surface area contributed by atoms with Crippen molar-refractivity contribution >= 4 is 34.2 Å². The number of H-pyrrole nitrogens is 1. The summed E-state index contributed by atoms with van der Waals surface area (Å²) in [6.07, 6.45) is 4.88. The van der Waals surface area contributed by atoms with Crippen LogP contribution in [0.1, 0.15) is 24.5 Å². The Morgan fingerprint density at radius 1 is 1.27 bits per heavy atom. The highest BCUT2D eigenvalue weighted by Gasteiger charge is 2.07. The molecule has 0 unspecified atom stereocenters. The summed E-state index contributed by atoms with van der Waals surface area (Å²) in [6, 6.07) is 11.9. The van der Waals surface area contributed by atoms with E-state index in [4.69, 9.17) is 16.3 Å². The molecule has 0 spiro atoms. The van der Waals surface area contributed by atoms with Crippen LogP contribution in [0.4, 0.5) is 0 Å². The van der Waals surface area contributed by atoms with Gasteiger partial charge in [0, 0.05) is 10.4 Å². The lowest BCUT2D eigenvalue weighted by Gasteiger charge is -2.10. The molecule has 0 bridgehead atoms. The van der Waals surface area contributed by atoms with Crippen LogP contribution in [0.2, 0.25) is 5.02 Å². The van der Waals surface area contributed by atoms with Crippen LogP contribution in [0.15, 0.2) is 42.6 Å². The van der Waals surface area contributed by atoms with E-state index < -0.39 is 0 Å². The number of hydrogen-bond acceptors (Lipinski definition) is 2. The Bertz CT molecular complexity index is 836. The third-order valence-electron chi connectivity index (χ3n) is 3.71. The van der Waals surface area contributed by atoms with Crippen molar-refractivity contribution in [3.8, 4) is 5.75 Å². The Hall–Kier alpha value is -2.26. The van der Waals surface area contributed by atoms with Crippen LogP contribution in [0.25, 0.3) is 22.6 Å². The summed E-state index contributed by atoms with van der Waals surface area (Å²) in [7, 11) is 1.66. The van der Waals surface area contributed by atoms with Gasteiger partial charge in [-0.15, -0.1) is 0 Å². The average Bonchev–Trinajstić information content (AvgIpc) is 3.01. The molecule has 1 aromatic heterocycles. The van der Waals surface area contributed by atoms with Crippen LogP contribution < -0.4 is 4.74 Å². The average molecular weight is 313 g/mol. The lowest BCUT2D eigenvalue weighted by atomic mass is 9.99. The molecule has 2 aromatic carbocycles. The molecule has 0 radical (unpaired) electrons. The molecular weight excluding hydrogens is 296 g/mol. The summed E-state index contributed by atoms with van der Waals surface area (Å²) in [4.78, 5) is 0. The van der Waals surface area contributed by atoms with E-state index in [2.05, 4.69) is 35.3 Å². The van der Waals surface area contributed by atoms with Crippen molar-refractivity contribution in [2.75, 3.05) is 7.11 Å². The van der Waals surface area contributed by atoms with Crippen molar-refractivity contribution in [2.24, 2.45) is 0 Å². The Kier molecular flexibility index (Phi) is 4.16. The molecule has 112 valence electrons. The van der Waals surface area contributed by atoms with Gasteiger partial charge in [-0.05, 0) is 53.5 Å². The Morgan fingerprint density at radius 2 is 2.14 bits per heavy atom. The predicted molar refractivity (Wildman–Crippen MR) is 92.3 cm³/mol. The molecule has 1 heterocycles. The highest BCUT2D eigenvalue weighted by molar-refractivity contribution is 6.32. The summed E-state index contributed by atoms with van der Waals surface area (Å²) < 4.78 is 5.30. The minimum atomic E-state index is 0.735. The van der Waals surface area contributed by atoms with Gasteiger partial charge >= 0.3 is 0 Å². The van der Waals surface area contributed by atoms with Crippen LogP contribution in [-0.2, 0) is 0 Å². The van der Waals surface area contributed by atoms with Crippen molar-refractivity contribution < 1.29 is 4.74 Å². The first-order chi connectivity index (χ1) is 10.7. The topological polar surface area (TPSA) is 37.9 Å². The summed E-state index contributed by atoms with van der Waals surface area (Å²) in [5.74, 6) is 0.809. The van der Waals surface area contributed by atoms with Gasteiger partial charge in [-0.1, -0.05) is 30.7 Å². The molecule has 0 saturated heterocycles. The molecule has 0 amide bonds. The van der Waals surface area contributed by atoms with Crippen molar-refractivity contribution in [1.82, 2.24) is 10.2 Å². The van der Waals surface area contributed by atoms with Gasteiger partial charge in [-0.2, -0.15) is 5.10 Å². The fourth-order valence-corrected chi connectivity index (χ4v) is 2.74. The second-order valence-corrected chi connectivity index (χ2v) is 5.49. The van der Waals surface area contributed by atoms with Crippen LogP contribution in [0, 0.1) is 0 Å². The molecule has 4 heteroatoms. The molecular formula is C18H17ClN2O. The van der Waals surface area contributed by atoms with Crippen molar-refractivity contribution in [2.45, 2.75) is 13.3 Å². The number of allylic oxidation sites excluding steroid dienone is 1. The number of ether oxygens (including phenoxy) is 1. The number of hydrogen-bond donors (Lipinski definition) is 1. The molecule has 3 aromatic rings. The SMILES string of the molecule is CC/C(=C\c1ccc2[nH]ncc2c1)c1cc(OC)ccc1Cl. The maximum Gasteiger partial charge on any atom is 0.119 e. The van der Waals surface area contributed by atoms with E-state index in [1.165, 1.54) is 5.57 Å². The number of rotatable bonds is 4. The highest BCUT2D eigenvalue weighted by atomic mass is 35.5. The number of aromatic amines is 1. The second-order valence-electron chi connectivity index (χ2n) is 5.09. The number of nitrogens with zero attached hydrogens (tertiary/aromatic N) is 1. The lowest BCUT2D eigenvalue weighted by molar-refractivity contribution is 0.414. The van der Waals surface area contributed by atoms with Crippen LogP contribution in [0.3, 0.4) is 0 Å². The Balaban J connectivity index is 2.05. The van der Waals surface area contributed by atoms with Crippen molar-refractivity contribution in [3.05, 3.63) is 58.7 Å². The van der Waals surface area contributed by atoms with Gasteiger partial charge in [0.25, 0.3) is 0 Å². The van der Waals surface area contributed by atoms with Gasteiger partial charge in [0.2, 0.25) is 0 Å². The van der Waals surface area contributed by atoms with Crippen molar-refractivity contribution in [1.29, 1.82) is 0 Å². The number of benzene rings is 2. The van der Waals surface area contributed by atoms with Gasteiger partial charge in [-0.3, -0.25) is 5.10 Å². The monoisotopic (exact) mass is 312 g/mol. The Morgan fingerprint density at radius 3 is 2.91 bits per heavy atom. The second kappa shape index (κ2) is 6.24. The van der Waals surface area contributed by atoms with E-state index >= 15 is 0 Å². The zero-order valence-corrected chi connectivity index (χ0v) is 13.3. The largest absolute Gasteiger partial charge is 0.497 e. The van der Waals surface area contributed by atoms with E-state index in [0.717, 1.165) is 39.2 Å². The maximum absolute atomic E-state index is 6.36. The molecule has 1 N–H and O–H groups in total. The molecule has 0 saturated carbocycles. The zero-order chi connectivity index (χ0) is 15.5. The molecule has 0 aliphatic rings. The molecule has 0 aliphatic heterocycles. The van der Waals surface area contributed by atoms with E-state index in [0.29, 0.717) is 0 Å². The van der Waals surface area contributed by atoms with E-state index in [1.54, 1.807) is 7.11 Å². The van der Waals surface area contributed by atoms with Crippen LogP contribution in [0.5, 0.6) is 5.75 Å². The predicted octanol–water partition coefficient (Wildman–Crippen LogP) is 5.18. The standard InChI is InChI=1S/C18H17ClN2O/c1-3-13(16-10-15(22-2)5-6-17(16)19)8-12-4-7-18-14(9-12)11-20-21-18/h4-11H,3H2,1-2H3,(H,20,21)/b13-8+. The zero-order valence-electron chi connectivity index (χ0n) is 12.6. The highest BCUT2D eigenvalue weighted by Crippen LogP contribution is 2.31. The van der Waals surface area contributed by atoms with Crippen LogP contribution in [-0.4, -0.2) is 17.3 Å². The maximum atomic E-state index is 6.36. The number of methoxy groups -OCH3 is 1. The fraction of sp³-hybridized carbons (Fsp3) is 0.167. The Labute approximate surface area is 134 Å². The minimum Gasteiger partial charge on any atom is -0.497 e. The summed E-state index contributed by atoms with van der Waals surface area (Å²) in [5, 5.41) is 8.85.